The summed E-state index contributed by atoms with van der Waals surface area (Å²) in [5, 5.41) is 2.90. The third kappa shape index (κ3) is 7.74. The molecular weight excluding hydrogens is 570 g/mol. The van der Waals surface area contributed by atoms with Crippen molar-refractivity contribution in [3.63, 3.8) is 0 Å². The van der Waals surface area contributed by atoms with Gasteiger partial charge in [-0.05, 0) is 80.6 Å². The van der Waals surface area contributed by atoms with Crippen LogP contribution in [0.5, 0.6) is 0 Å². The lowest BCUT2D eigenvalue weighted by Crippen LogP contribution is -2.53. The van der Waals surface area contributed by atoms with E-state index in [4.69, 9.17) is 0 Å². The first-order valence-corrected chi connectivity index (χ1v) is 16.3. The van der Waals surface area contributed by atoms with Crippen LogP contribution in [0.2, 0.25) is 0 Å². The molecule has 4 aromatic rings. The van der Waals surface area contributed by atoms with E-state index in [9.17, 15) is 18.0 Å². The minimum Gasteiger partial charge on any atom is -0.355 e. The number of benzene rings is 4. The Labute approximate surface area is 261 Å². The molecule has 1 atom stereocenters. The van der Waals surface area contributed by atoms with Gasteiger partial charge in [-0.15, -0.1) is 0 Å². The quantitative estimate of drug-likeness (QED) is 0.216. The third-order valence-electron chi connectivity index (χ3n) is 7.75. The molecule has 2 amide bonds. The SMILES string of the molecule is CCNC(=O)[C@H](Cc1ccccc1)N(Cc1ccccc1C)C(=O)CN(c1cc(C)ccc1C)S(=O)(=O)c1ccc(C)cc1. The first-order chi connectivity index (χ1) is 21.0. The molecule has 0 saturated heterocycles. The van der Waals surface area contributed by atoms with E-state index in [0.717, 1.165) is 27.8 Å². The summed E-state index contributed by atoms with van der Waals surface area (Å²) in [7, 11) is -4.15. The van der Waals surface area contributed by atoms with E-state index in [-0.39, 0.29) is 23.8 Å². The lowest BCUT2D eigenvalue weighted by Gasteiger charge is -2.34. The first-order valence-electron chi connectivity index (χ1n) is 14.8. The van der Waals surface area contributed by atoms with Gasteiger partial charge in [0.15, 0.2) is 0 Å². The van der Waals surface area contributed by atoms with Crippen molar-refractivity contribution in [2.75, 3.05) is 17.4 Å². The van der Waals surface area contributed by atoms with E-state index in [2.05, 4.69) is 5.32 Å². The molecule has 7 nitrogen and oxygen atoms in total. The maximum Gasteiger partial charge on any atom is 0.264 e. The second-order valence-corrected chi connectivity index (χ2v) is 13.0. The molecule has 0 aromatic heterocycles. The minimum atomic E-state index is -4.15. The third-order valence-corrected chi connectivity index (χ3v) is 9.52. The minimum absolute atomic E-state index is 0.0896. The van der Waals surface area contributed by atoms with Gasteiger partial charge in [-0.25, -0.2) is 8.42 Å². The highest BCUT2D eigenvalue weighted by Gasteiger charge is 2.35. The fourth-order valence-electron chi connectivity index (χ4n) is 5.16. The second kappa shape index (κ2) is 14.4. The predicted octanol–water partition coefficient (Wildman–Crippen LogP) is 5.89. The monoisotopic (exact) mass is 611 g/mol. The van der Waals surface area contributed by atoms with Crippen LogP contribution in [0.4, 0.5) is 5.69 Å². The lowest BCUT2D eigenvalue weighted by molar-refractivity contribution is -0.140. The Bertz CT molecular complexity index is 1700. The van der Waals surface area contributed by atoms with Crippen LogP contribution in [0.15, 0.2) is 102 Å². The predicted molar refractivity (Wildman–Crippen MR) is 176 cm³/mol. The summed E-state index contributed by atoms with van der Waals surface area (Å²) in [6, 6.07) is 28.5. The van der Waals surface area contributed by atoms with E-state index in [1.54, 1.807) is 30.3 Å². The number of hydrogen-bond donors (Lipinski definition) is 1. The van der Waals surface area contributed by atoms with Crippen LogP contribution >= 0.6 is 0 Å². The first kappa shape index (κ1) is 32.5. The van der Waals surface area contributed by atoms with Gasteiger partial charge in [-0.3, -0.25) is 13.9 Å². The number of aryl methyl sites for hydroxylation is 4. The summed E-state index contributed by atoms with van der Waals surface area (Å²) in [5.74, 6) is -0.769. The van der Waals surface area contributed by atoms with Crippen LogP contribution in [-0.2, 0) is 32.6 Å². The topological polar surface area (TPSA) is 86.8 Å². The van der Waals surface area contributed by atoms with Crippen molar-refractivity contribution < 1.29 is 18.0 Å². The number of likely N-dealkylation sites (N-methyl/N-ethyl adjacent to an activating group) is 1. The molecule has 0 aliphatic heterocycles. The second-order valence-electron chi connectivity index (χ2n) is 11.2. The highest BCUT2D eigenvalue weighted by molar-refractivity contribution is 7.92. The highest BCUT2D eigenvalue weighted by atomic mass is 32.2. The molecule has 1 N–H and O–H groups in total. The Morgan fingerprint density at radius 2 is 1.41 bits per heavy atom. The van der Waals surface area contributed by atoms with Gasteiger partial charge in [0.05, 0.1) is 10.6 Å². The van der Waals surface area contributed by atoms with E-state index in [0.29, 0.717) is 17.8 Å². The number of carbonyl (C=O) groups is 2. The molecule has 0 unspecified atom stereocenters. The highest BCUT2D eigenvalue weighted by Crippen LogP contribution is 2.29. The largest absolute Gasteiger partial charge is 0.355 e. The van der Waals surface area contributed by atoms with Gasteiger partial charge in [0, 0.05) is 19.5 Å². The van der Waals surface area contributed by atoms with Gasteiger partial charge >= 0.3 is 0 Å². The zero-order valence-corrected chi connectivity index (χ0v) is 26.9. The van der Waals surface area contributed by atoms with Crippen molar-refractivity contribution >= 4 is 27.5 Å². The van der Waals surface area contributed by atoms with Crippen LogP contribution in [0, 0.1) is 27.7 Å². The zero-order chi connectivity index (χ0) is 31.9. The van der Waals surface area contributed by atoms with Gasteiger partial charge in [-0.2, -0.15) is 0 Å². The Hall–Kier alpha value is -4.43. The molecule has 0 aliphatic carbocycles. The van der Waals surface area contributed by atoms with Gasteiger partial charge in [-0.1, -0.05) is 84.4 Å². The van der Waals surface area contributed by atoms with Crippen LogP contribution in [0.1, 0.15) is 40.3 Å². The normalized spacial score (nSPS) is 11.9. The Morgan fingerprint density at radius 1 is 0.773 bits per heavy atom. The lowest BCUT2D eigenvalue weighted by atomic mass is 10.0. The van der Waals surface area contributed by atoms with Gasteiger partial charge in [0.25, 0.3) is 10.0 Å². The Balaban J connectivity index is 1.83. The number of rotatable bonds is 12. The fraction of sp³-hybridized carbons (Fsp3) is 0.278. The van der Waals surface area contributed by atoms with Crippen LogP contribution in [0.3, 0.4) is 0 Å². The summed E-state index contributed by atoms with van der Waals surface area (Å²) in [6.07, 6.45) is 0.276. The maximum absolute atomic E-state index is 14.6. The average molecular weight is 612 g/mol. The smallest absolute Gasteiger partial charge is 0.264 e. The van der Waals surface area contributed by atoms with Crippen molar-refractivity contribution in [3.8, 4) is 0 Å². The molecule has 230 valence electrons. The van der Waals surface area contributed by atoms with Crippen molar-refractivity contribution in [1.29, 1.82) is 0 Å². The molecule has 44 heavy (non-hydrogen) atoms. The standard InChI is InChI=1S/C36H41N3O4S/c1-6-37-36(41)34(23-30-13-8-7-9-14-30)38(24-31-15-11-10-12-28(31)4)35(40)25-39(33-22-27(3)16-19-29(33)5)44(42,43)32-20-17-26(2)18-21-32/h7-22,34H,6,23-25H2,1-5H3,(H,37,41)/t34-/m0/s1. The number of carbonyl (C=O) groups excluding carboxylic acids is 2. The average Bonchev–Trinajstić information content (AvgIpc) is 3.00. The molecule has 4 aromatic carbocycles. The van der Waals surface area contributed by atoms with Crippen molar-refractivity contribution in [2.45, 2.75) is 58.5 Å². The number of amides is 2. The van der Waals surface area contributed by atoms with E-state index in [1.165, 1.54) is 9.21 Å². The molecule has 0 heterocycles. The molecule has 0 aliphatic rings. The summed E-state index contributed by atoms with van der Waals surface area (Å²) in [5.41, 5.74) is 5.67. The Kier molecular flexibility index (Phi) is 10.6. The van der Waals surface area contributed by atoms with E-state index >= 15 is 0 Å². The van der Waals surface area contributed by atoms with Crippen molar-refractivity contribution in [1.82, 2.24) is 10.2 Å². The number of hydrogen-bond acceptors (Lipinski definition) is 4. The van der Waals surface area contributed by atoms with Crippen LogP contribution in [0.25, 0.3) is 0 Å². The molecule has 4 rings (SSSR count). The number of anilines is 1. The van der Waals surface area contributed by atoms with Gasteiger partial charge in [0.2, 0.25) is 11.8 Å². The van der Waals surface area contributed by atoms with E-state index in [1.807, 2.05) is 101 Å². The van der Waals surface area contributed by atoms with E-state index < -0.39 is 28.5 Å². The molecule has 0 saturated carbocycles. The summed E-state index contributed by atoms with van der Waals surface area (Å²) in [4.78, 5) is 29.8. The number of sulfonamides is 1. The number of nitrogens with one attached hydrogen (secondary N) is 1. The molecule has 0 bridgehead atoms. The Morgan fingerprint density at radius 3 is 2.07 bits per heavy atom. The fourth-order valence-corrected chi connectivity index (χ4v) is 6.63. The summed E-state index contributed by atoms with van der Waals surface area (Å²) >= 11 is 0. The molecular formula is C36H41N3O4S. The van der Waals surface area contributed by atoms with Crippen molar-refractivity contribution in [3.05, 3.63) is 130 Å². The molecule has 8 heteroatoms. The zero-order valence-electron chi connectivity index (χ0n) is 26.1. The molecule has 0 radical (unpaired) electrons. The summed E-state index contributed by atoms with van der Waals surface area (Å²) < 4.78 is 29.7. The maximum atomic E-state index is 14.6. The van der Waals surface area contributed by atoms with Crippen LogP contribution < -0.4 is 9.62 Å². The van der Waals surface area contributed by atoms with Gasteiger partial charge < -0.3 is 10.2 Å². The number of nitrogens with zero attached hydrogens (tertiary/aromatic N) is 2. The van der Waals surface area contributed by atoms with Gasteiger partial charge in [0.1, 0.15) is 12.6 Å². The molecule has 0 spiro atoms. The van der Waals surface area contributed by atoms with Crippen molar-refractivity contribution in [2.24, 2.45) is 0 Å². The van der Waals surface area contributed by atoms with Crippen LogP contribution in [-0.4, -0.2) is 44.3 Å². The molecule has 0 fully saturated rings. The summed E-state index contributed by atoms with van der Waals surface area (Å²) in [6.45, 7) is 9.46.